The molecule has 0 bridgehead atoms. The third kappa shape index (κ3) is 3.08. The molecule has 0 atom stereocenters. The SMILES string of the molecule is CCc1ccc(-c2nc(N)c(I)c(C(C)(C)C)n2)s1. The molecule has 2 heterocycles. The molecule has 5 heteroatoms. The van der Waals surface area contributed by atoms with Crippen LogP contribution in [0.4, 0.5) is 5.82 Å². The van der Waals surface area contributed by atoms with E-state index < -0.39 is 0 Å². The van der Waals surface area contributed by atoms with Crippen molar-refractivity contribution in [3.05, 3.63) is 26.3 Å². The highest BCUT2D eigenvalue weighted by atomic mass is 127. The van der Waals surface area contributed by atoms with Gasteiger partial charge in [-0.2, -0.15) is 0 Å². The van der Waals surface area contributed by atoms with Crippen LogP contribution in [0.15, 0.2) is 12.1 Å². The number of thiophene rings is 1. The molecule has 102 valence electrons. The maximum absolute atomic E-state index is 6.04. The highest BCUT2D eigenvalue weighted by Gasteiger charge is 2.23. The first-order valence-electron chi connectivity index (χ1n) is 6.25. The van der Waals surface area contributed by atoms with Crippen LogP contribution in [0.5, 0.6) is 0 Å². The van der Waals surface area contributed by atoms with Crippen molar-refractivity contribution < 1.29 is 0 Å². The summed E-state index contributed by atoms with van der Waals surface area (Å²) in [7, 11) is 0. The van der Waals surface area contributed by atoms with E-state index in [1.165, 1.54) is 4.88 Å². The predicted octanol–water partition coefficient (Wildman–Crippen LogP) is 4.25. The lowest BCUT2D eigenvalue weighted by atomic mass is 9.92. The van der Waals surface area contributed by atoms with E-state index in [1.54, 1.807) is 11.3 Å². The molecule has 0 unspecified atom stereocenters. The molecule has 2 aromatic rings. The molecule has 2 rings (SSSR count). The molecule has 0 radical (unpaired) electrons. The zero-order chi connectivity index (χ0) is 14.2. The van der Waals surface area contributed by atoms with Crippen molar-refractivity contribution in [2.75, 3.05) is 5.73 Å². The van der Waals surface area contributed by atoms with Gasteiger partial charge in [0, 0.05) is 10.3 Å². The number of aromatic nitrogens is 2. The van der Waals surface area contributed by atoms with Gasteiger partial charge in [0.25, 0.3) is 0 Å². The summed E-state index contributed by atoms with van der Waals surface area (Å²) in [5.74, 6) is 1.31. The number of nitrogens with two attached hydrogens (primary N) is 1. The molecule has 19 heavy (non-hydrogen) atoms. The summed E-state index contributed by atoms with van der Waals surface area (Å²) >= 11 is 3.97. The van der Waals surface area contributed by atoms with Gasteiger partial charge in [-0.1, -0.05) is 27.7 Å². The van der Waals surface area contributed by atoms with Gasteiger partial charge in [-0.15, -0.1) is 11.3 Å². The molecule has 2 N–H and O–H groups in total. The lowest BCUT2D eigenvalue weighted by Crippen LogP contribution is -2.18. The van der Waals surface area contributed by atoms with Crippen molar-refractivity contribution in [1.29, 1.82) is 0 Å². The quantitative estimate of drug-likeness (QED) is 0.784. The molecule has 0 fully saturated rings. The summed E-state index contributed by atoms with van der Waals surface area (Å²) in [6.07, 6.45) is 1.04. The summed E-state index contributed by atoms with van der Waals surface area (Å²) in [6, 6.07) is 4.21. The number of rotatable bonds is 2. The normalized spacial score (nSPS) is 11.8. The van der Waals surface area contributed by atoms with Crippen molar-refractivity contribution >= 4 is 39.7 Å². The summed E-state index contributed by atoms with van der Waals surface area (Å²) in [6.45, 7) is 8.59. The van der Waals surface area contributed by atoms with Crippen molar-refractivity contribution in [1.82, 2.24) is 9.97 Å². The topological polar surface area (TPSA) is 51.8 Å². The van der Waals surface area contributed by atoms with Gasteiger partial charge in [0.15, 0.2) is 5.82 Å². The van der Waals surface area contributed by atoms with Crippen LogP contribution in [0.2, 0.25) is 0 Å². The minimum Gasteiger partial charge on any atom is -0.383 e. The van der Waals surface area contributed by atoms with E-state index in [-0.39, 0.29) is 5.41 Å². The number of halogens is 1. The number of aryl methyl sites for hydroxylation is 1. The van der Waals surface area contributed by atoms with Crippen LogP contribution < -0.4 is 5.73 Å². The second-order valence-corrected chi connectivity index (χ2v) is 7.71. The average molecular weight is 387 g/mol. The monoisotopic (exact) mass is 387 g/mol. The molecule has 0 aliphatic carbocycles. The van der Waals surface area contributed by atoms with E-state index in [2.05, 4.69) is 67.4 Å². The first-order chi connectivity index (χ1) is 8.82. The number of hydrogen-bond donors (Lipinski definition) is 1. The number of nitrogens with zero attached hydrogens (tertiary/aromatic N) is 2. The van der Waals surface area contributed by atoms with Gasteiger partial charge in [0.1, 0.15) is 5.82 Å². The molecule has 0 aromatic carbocycles. The molecule has 2 aromatic heterocycles. The van der Waals surface area contributed by atoms with Gasteiger partial charge in [-0.25, -0.2) is 9.97 Å². The highest BCUT2D eigenvalue weighted by Crippen LogP contribution is 2.32. The van der Waals surface area contributed by atoms with Gasteiger partial charge >= 0.3 is 0 Å². The molecular formula is C14H18IN3S. The maximum Gasteiger partial charge on any atom is 0.171 e. The number of nitrogen functional groups attached to an aromatic ring is 1. The van der Waals surface area contributed by atoms with E-state index in [4.69, 9.17) is 10.7 Å². The second-order valence-electron chi connectivity index (χ2n) is 5.46. The van der Waals surface area contributed by atoms with Gasteiger partial charge in [-0.05, 0) is 41.1 Å². The Balaban J connectivity index is 2.56. The van der Waals surface area contributed by atoms with Crippen LogP contribution in [0, 0.1) is 3.57 Å². The van der Waals surface area contributed by atoms with Crippen LogP contribution in [-0.4, -0.2) is 9.97 Å². The Morgan fingerprint density at radius 2 is 1.95 bits per heavy atom. The molecule has 0 amide bonds. The minimum absolute atomic E-state index is 0.0345. The molecular weight excluding hydrogens is 369 g/mol. The van der Waals surface area contributed by atoms with Crippen LogP contribution >= 0.6 is 33.9 Å². The van der Waals surface area contributed by atoms with E-state index in [0.717, 1.165) is 26.4 Å². The number of hydrogen-bond acceptors (Lipinski definition) is 4. The summed E-state index contributed by atoms with van der Waals surface area (Å²) in [5, 5.41) is 0. The highest BCUT2D eigenvalue weighted by molar-refractivity contribution is 14.1. The zero-order valence-electron chi connectivity index (χ0n) is 11.6. The maximum atomic E-state index is 6.04. The Kier molecular flexibility index (Phi) is 4.15. The Labute approximate surface area is 131 Å². The Morgan fingerprint density at radius 3 is 2.47 bits per heavy atom. The van der Waals surface area contributed by atoms with E-state index in [1.807, 2.05) is 0 Å². The van der Waals surface area contributed by atoms with Gasteiger partial charge < -0.3 is 5.73 Å². The van der Waals surface area contributed by atoms with Gasteiger partial charge in [-0.3, -0.25) is 0 Å². The Hall–Kier alpha value is -0.690. The molecule has 0 saturated carbocycles. The average Bonchev–Trinajstić information content (AvgIpc) is 2.79. The molecule has 0 aliphatic rings. The predicted molar refractivity (Wildman–Crippen MR) is 90.6 cm³/mol. The summed E-state index contributed by atoms with van der Waals surface area (Å²) in [4.78, 5) is 11.6. The van der Waals surface area contributed by atoms with Crippen molar-refractivity contribution in [2.24, 2.45) is 0 Å². The first-order valence-corrected chi connectivity index (χ1v) is 8.15. The van der Waals surface area contributed by atoms with E-state index in [0.29, 0.717) is 5.82 Å². The van der Waals surface area contributed by atoms with Crippen LogP contribution in [0.3, 0.4) is 0 Å². The fraction of sp³-hybridized carbons (Fsp3) is 0.429. The largest absolute Gasteiger partial charge is 0.383 e. The van der Waals surface area contributed by atoms with Crippen LogP contribution in [0.25, 0.3) is 10.7 Å². The molecule has 3 nitrogen and oxygen atoms in total. The lowest BCUT2D eigenvalue weighted by Gasteiger charge is -2.20. The first kappa shape index (κ1) is 14.7. The van der Waals surface area contributed by atoms with Gasteiger partial charge in [0.05, 0.1) is 14.1 Å². The summed E-state index contributed by atoms with van der Waals surface area (Å²) < 4.78 is 0.959. The smallest absolute Gasteiger partial charge is 0.171 e. The van der Waals surface area contributed by atoms with Crippen molar-refractivity contribution in [2.45, 2.75) is 39.5 Å². The molecule has 0 saturated heterocycles. The third-order valence-corrected chi connectivity index (χ3v) is 5.11. The third-order valence-electron chi connectivity index (χ3n) is 2.82. The fourth-order valence-electron chi connectivity index (χ4n) is 1.76. The zero-order valence-corrected chi connectivity index (χ0v) is 14.6. The van der Waals surface area contributed by atoms with Crippen LogP contribution in [-0.2, 0) is 11.8 Å². The fourth-order valence-corrected chi connectivity index (χ4v) is 3.69. The minimum atomic E-state index is -0.0345. The molecule has 0 spiro atoms. The van der Waals surface area contributed by atoms with Gasteiger partial charge in [0.2, 0.25) is 0 Å². The second kappa shape index (κ2) is 5.36. The Bertz CT molecular complexity index is 599. The van der Waals surface area contributed by atoms with Crippen LogP contribution in [0.1, 0.15) is 38.3 Å². The lowest BCUT2D eigenvalue weighted by molar-refractivity contribution is 0.564. The number of anilines is 1. The van der Waals surface area contributed by atoms with Crippen molar-refractivity contribution in [3.63, 3.8) is 0 Å². The standard InChI is InChI=1S/C14H18IN3S/c1-5-8-6-7-9(19-8)13-17-11(14(2,3)4)10(15)12(16)18-13/h6-7H,5H2,1-4H3,(H2,16,17,18). The van der Waals surface area contributed by atoms with E-state index in [9.17, 15) is 0 Å². The molecule has 0 aliphatic heterocycles. The Morgan fingerprint density at radius 1 is 1.26 bits per heavy atom. The van der Waals surface area contributed by atoms with Crippen molar-refractivity contribution in [3.8, 4) is 10.7 Å². The summed E-state index contributed by atoms with van der Waals surface area (Å²) in [5.41, 5.74) is 7.02. The van der Waals surface area contributed by atoms with E-state index >= 15 is 0 Å².